The fourth-order valence-corrected chi connectivity index (χ4v) is 3.44. The van der Waals surface area contributed by atoms with Gasteiger partial charge in [-0.25, -0.2) is 4.79 Å². The number of benzene rings is 2. The Morgan fingerprint density at radius 2 is 1.75 bits per heavy atom. The van der Waals surface area contributed by atoms with Gasteiger partial charge in [0.25, 0.3) is 0 Å². The van der Waals surface area contributed by atoms with Crippen molar-refractivity contribution in [2.75, 3.05) is 0 Å². The molecule has 3 aromatic rings. The standard InChI is InChI=1S/C15H12BrClN2O/c1-8-4-2-3-5-9(8)14(17)10-6-12-13(7-11(10)16)19-15(20)18-12/h2-7,14H,1H3,(H2,18,19,20). The number of nitrogens with one attached hydrogen (secondary N) is 2. The van der Waals surface area contributed by atoms with Crippen LogP contribution in [0.4, 0.5) is 0 Å². The van der Waals surface area contributed by atoms with Crippen molar-refractivity contribution in [1.82, 2.24) is 9.97 Å². The zero-order valence-electron chi connectivity index (χ0n) is 10.7. The van der Waals surface area contributed by atoms with Crippen molar-refractivity contribution in [3.05, 3.63) is 68.0 Å². The molecule has 2 aromatic carbocycles. The minimum atomic E-state index is -0.270. The van der Waals surface area contributed by atoms with Crippen LogP contribution in [0.3, 0.4) is 0 Å². The third kappa shape index (κ3) is 2.30. The predicted octanol–water partition coefficient (Wildman–Crippen LogP) is 4.26. The minimum absolute atomic E-state index is 0.217. The third-order valence-corrected chi connectivity index (χ3v) is 4.52. The van der Waals surface area contributed by atoms with E-state index in [4.69, 9.17) is 11.6 Å². The van der Waals surface area contributed by atoms with E-state index in [0.29, 0.717) is 0 Å². The van der Waals surface area contributed by atoms with Crippen LogP contribution in [0.2, 0.25) is 0 Å². The predicted molar refractivity (Wildman–Crippen MR) is 85.5 cm³/mol. The van der Waals surface area contributed by atoms with Crippen molar-refractivity contribution in [2.24, 2.45) is 0 Å². The summed E-state index contributed by atoms with van der Waals surface area (Å²) in [6.07, 6.45) is 0. The SMILES string of the molecule is Cc1ccccc1C(Cl)c1cc2[nH]c(=O)[nH]c2cc1Br. The van der Waals surface area contributed by atoms with E-state index in [0.717, 1.165) is 32.2 Å². The average Bonchev–Trinajstić information content (AvgIpc) is 2.76. The maximum absolute atomic E-state index is 11.3. The number of aromatic nitrogens is 2. The Bertz CT molecular complexity index is 837. The number of imidazole rings is 1. The van der Waals surface area contributed by atoms with Gasteiger partial charge in [0.1, 0.15) is 0 Å². The van der Waals surface area contributed by atoms with Gasteiger partial charge in [0.05, 0.1) is 16.4 Å². The molecule has 0 bridgehead atoms. The smallest absolute Gasteiger partial charge is 0.306 e. The molecule has 0 aliphatic rings. The summed E-state index contributed by atoms with van der Waals surface area (Å²) in [7, 11) is 0. The quantitative estimate of drug-likeness (QED) is 0.666. The largest absolute Gasteiger partial charge is 0.323 e. The first-order valence-electron chi connectivity index (χ1n) is 6.17. The van der Waals surface area contributed by atoms with Crippen LogP contribution in [0.1, 0.15) is 22.1 Å². The summed E-state index contributed by atoms with van der Waals surface area (Å²) in [6.45, 7) is 2.04. The number of hydrogen-bond donors (Lipinski definition) is 2. The Hall–Kier alpha value is -1.52. The molecule has 0 saturated heterocycles. The Morgan fingerprint density at radius 3 is 2.45 bits per heavy atom. The molecule has 1 aromatic heterocycles. The van der Waals surface area contributed by atoms with Gasteiger partial charge in [0.15, 0.2) is 0 Å². The zero-order chi connectivity index (χ0) is 14.3. The van der Waals surface area contributed by atoms with Crippen molar-refractivity contribution in [1.29, 1.82) is 0 Å². The number of aryl methyl sites for hydroxylation is 1. The van der Waals surface area contributed by atoms with Crippen LogP contribution in [0.25, 0.3) is 11.0 Å². The first kappa shape index (κ1) is 13.5. The molecule has 0 radical (unpaired) electrons. The van der Waals surface area contributed by atoms with Crippen molar-refractivity contribution < 1.29 is 0 Å². The molecule has 1 unspecified atom stereocenters. The first-order valence-corrected chi connectivity index (χ1v) is 7.40. The normalized spacial score (nSPS) is 12.8. The summed E-state index contributed by atoms with van der Waals surface area (Å²) >= 11 is 10.1. The molecule has 0 saturated carbocycles. The van der Waals surface area contributed by atoms with E-state index in [2.05, 4.69) is 25.9 Å². The van der Waals surface area contributed by atoms with Gasteiger partial charge in [-0.3, -0.25) is 0 Å². The number of alkyl halides is 1. The van der Waals surface area contributed by atoms with Crippen molar-refractivity contribution in [2.45, 2.75) is 12.3 Å². The van der Waals surface area contributed by atoms with Crippen LogP contribution in [0, 0.1) is 6.92 Å². The molecule has 0 aliphatic heterocycles. The highest BCUT2D eigenvalue weighted by Gasteiger charge is 2.17. The average molecular weight is 352 g/mol. The van der Waals surface area contributed by atoms with Crippen LogP contribution in [-0.4, -0.2) is 9.97 Å². The summed E-state index contributed by atoms with van der Waals surface area (Å²) < 4.78 is 0.878. The fraction of sp³-hybridized carbons (Fsp3) is 0.133. The van der Waals surface area contributed by atoms with E-state index in [9.17, 15) is 4.79 Å². The summed E-state index contributed by atoms with van der Waals surface area (Å²) in [6, 6.07) is 11.8. The monoisotopic (exact) mass is 350 g/mol. The lowest BCUT2D eigenvalue weighted by Crippen LogP contribution is -1.99. The lowest BCUT2D eigenvalue weighted by molar-refractivity contribution is 1.10. The fourth-order valence-electron chi connectivity index (χ4n) is 2.31. The van der Waals surface area contributed by atoms with Crippen LogP contribution in [0.5, 0.6) is 0 Å². The molecule has 1 heterocycles. The summed E-state index contributed by atoms with van der Waals surface area (Å²) in [5.41, 5.74) is 4.44. The molecule has 5 heteroatoms. The highest BCUT2D eigenvalue weighted by Crippen LogP contribution is 2.36. The highest BCUT2D eigenvalue weighted by molar-refractivity contribution is 9.10. The number of rotatable bonds is 2. The van der Waals surface area contributed by atoms with Crippen molar-refractivity contribution in [3.63, 3.8) is 0 Å². The summed E-state index contributed by atoms with van der Waals surface area (Å²) in [4.78, 5) is 16.8. The highest BCUT2D eigenvalue weighted by atomic mass is 79.9. The second-order valence-electron chi connectivity index (χ2n) is 4.72. The molecular weight excluding hydrogens is 340 g/mol. The maximum atomic E-state index is 11.3. The molecular formula is C15H12BrClN2O. The summed E-state index contributed by atoms with van der Waals surface area (Å²) in [5, 5.41) is -0.270. The van der Waals surface area contributed by atoms with E-state index in [1.54, 1.807) is 0 Å². The topological polar surface area (TPSA) is 48.6 Å². The third-order valence-electron chi connectivity index (χ3n) is 3.37. The molecule has 20 heavy (non-hydrogen) atoms. The number of fused-ring (bicyclic) bond motifs is 1. The molecule has 102 valence electrons. The van der Waals surface area contributed by atoms with Gasteiger partial charge in [-0.15, -0.1) is 11.6 Å². The van der Waals surface area contributed by atoms with Gasteiger partial charge in [0.2, 0.25) is 0 Å². The van der Waals surface area contributed by atoms with Gasteiger partial charge < -0.3 is 9.97 Å². The molecule has 1 atom stereocenters. The van der Waals surface area contributed by atoms with Gasteiger partial charge in [-0.2, -0.15) is 0 Å². The molecule has 2 N–H and O–H groups in total. The molecule has 0 spiro atoms. The molecule has 0 amide bonds. The van der Waals surface area contributed by atoms with Crippen LogP contribution >= 0.6 is 27.5 Å². The number of H-pyrrole nitrogens is 2. The molecule has 0 fully saturated rings. The Kier molecular flexibility index (Phi) is 3.44. The zero-order valence-corrected chi connectivity index (χ0v) is 13.0. The first-order chi connectivity index (χ1) is 9.56. The Balaban J connectivity index is 2.16. The number of hydrogen-bond acceptors (Lipinski definition) is 1. The van der Waals surface area contributed by atoms with E-state index >= 15 is 0 Å². The second kappa shape index (κ2) is 5.11. The van der Waals surface area contributed by atoms with Crippen molar-refractivity contribution in [3.8, 4) is 0 Å². The van der Waals surface area contributed by atoms with Crippen molar-refractivity contribution >= 4 is 38.6 Å². The molecule has 0 aliphatic carbocycles. The van der Waals surface area contributed by atoms with Gasteiger partial charge in [-0.05, 0) is 35.7 Å². The minimum Gasteiger partial charge on any atom is -0.306 e. The summed E-state index contributed by atoms with van der Waals surface area (Å²) in [5.74, 6) is 0. The Labute approximate surface area is 129 Å². The maximum Gasteiger partial charge on any atom is 0.323 e. The second-order valence-corrected chi connectivity index (χ2v) is 6.01. The lowest BCUT2D eigenvalue weighted by atomic mass is 10.00. The Morgan fingerprint density at radius 1 is 1.10 bits per heavy atom. The van der Waals surface area contributed by atoms with E-state index in [-0.39, 0.29) is 11.1 Å². The van der Waals surface area contributed by atoms with Gasteiger partial charge in [0, 0.05) is 4.47 Å². The number of aromatic amines is 2. The molecule has 3 nitrogen and oxygen atoms in total. The van der Waals surface area contributed by atoms with Gasteiger partial charge in [-0.1, -0.05) is 40.2 Å². The van der Waals surface area contributed by atoms with E-state index < -0.39 is 0 Å². The van der Waals surface area contributed by atoms with Crippen LogP contribution < -0.4 is 5.69 Å². The molecule has 3 rings (SSSR count). The number of halogens is 2. The van der Waals surface area contributed by atoms with Crippen LogP contribution in [-0.2, 0) is 0 Å². The van der Waals surface area contributed by atoms with Crippen LogP contribution in [0.15, 0.2) is 45.7 Å². The lowest BCUT2D eigenvalue weighted by Gasteiger charge is -2.15. The van der Waals surface area contributed by atoms with Gasteiger partial charge >= 0.3 is 5.69 Å². The van der Waals surface area contributed by atoms with E-state index in [1.807, 2.05) is 43.3 Å². The van der Waals surface area contributed by atoms with E-state index in [1.165, 1.54) is 0 Å².